The molecule has 0 spiro atoms. The van der Waals surface area contributed by atoms with Gasteiger partial charge in [0, 0.05) is 11.3 Å². The number of carbonyl (C=O) groups is 1. The van der Waals surface area contributed by atoms with Gasteiger partial charge in [-0.15, -0.1) is 11.3 Å². The number of carboxylic acids is 1. The van der Waals surface area contributed by atoms with Crippen molar-refractivity contribution in [3.05, 3.63) is 45.4 Å². The maximum Gasteiger partial charge on any atom is 0.308 e. The van der Waals surface area contributed by atoms with Crippen LogP contribution < -0.4 is 4.74 Å². The van der Waals surface area contributed by atoms with Gasteiger partial charge in [0.25, 0.3) is 0 Å². The molecule has 0 aliphatic carbocycles. The Kier molecular flexibility index (Phi) is 4.74. The number of nitrogens with zero attached hydrogens (tertiary/aromatic N) is 1. The lowest BCUT2D eigenvalue weighted by Gasteiger charge is -2.03. The smallest absolute Gasteiger partial charge is 0.308 e. The molecular formula is C15H17NO3S. The summed E-state index contributed by atoms with van der Waals surface area (Å²) in [6.45, 7) is 4.47. The summed E-state index contributed by atoms with van der Waals surface area (Å²) in [5, 5.41) is 9.78. The van der Waals surface area contributed by atoms with Gasteiger partial charge in [0.1, 0.15) is 5.75 Å². The predicted octanol–water partition coefficient (Wildman–Crippen LogP) is 3.07. The van der Waals surface area contributed by atoms with Crippen molar-refractivity contribution in [3.8, 4) is 5.75 Å². The number of benzene rings is 1. The Morgan fingerprint density at radius 1 is 1.35 bits per heavy atom. The van der Waals surface area contributed by atoms with Crippen LogP contribution in [0.2, 0.25) is 0 Å². The Bertz CT molecular complexity index is 590. The molecule has 0 atom stereocenters. The molecule has 0 bridgehead atoms. The fourth-order valence-electron chi connectivity index (χ4n) is 1.91. The summed E-state index contributed by atoms with van der Waals surface area (Å²) in [5.74, 6) is 0.0440. The van der Waals surface area contributed by atoms with E-state index in [0.717, 1.165) is 33.3 Å². The molecular weight excluding hydrogens is 274 g/mol. The minimum atomic E-state index is -0.815. The molecule has 5 heteroatoms. The molecule has 0 aliphatic rings. The number of carboxylic acid groups (broad SMARTS) is 1. The van der Waals surface area contributed by atoms with Crippen molar-refractivity contribution in [2.24, 2.45) is 0 Å². The molecule has 2 rings (SSSR count). The second-order valence-corrected chi connectivity index (χ2v) is 5.61. The zero-order valence-corrected chi connectivity index (χ0v) is 12.4. The summed E-state index contributed by atoms with van der Waals surface area (Å²) in [4.78, 5) is 16.0. The Hall–Kier alpha value is -1.88. The second kappa shape index (κ2) is 6.52. The summed E-state index contributed by atoms with van der Waals surface area (Å²) in [5.41, 5.74) is 1.96. The molecule has 2 aromatic rings. The maximum atomic E-state index is 10.8. The van der Waals surface area contributed by atoms with Crippen LogP contribution in [0.4, 0.5) is 0 Å². The van der Waals surface area contributed by atoms with Gasteiger partial charge in [-0.25, -0.2) is 4.98 Å². The third kappa shape index (κ3) is 3.81. The van der Waals surface area contributed by atoms with Crippen molar-refractivity contribution in [3.63, 3.8) is 0 Å². The number of aromatic nitrogens is 1. The highest BCUT2D eigenvalue weighted by Gasteiger charge is 2.11. The molecule has 0 fully saturated rings. The van der Waals surface area contributed by atoms with E-state index in [4.69, 9.17) is 9.84 Å². The van der Waals surface area contributed by atoms with Crippen LogP contribution in [0.3, 0.4) is 0 Å². The van der Waals surface area contributed by atoms with E-state index in [0.29, 0.717) is 6.61 Å². The van der Waals surface area contributed by atoms with Crippen LogP contribution in [-0.2, 0) is 17.6 Å². The largest absolute Gasteiger partial charge is 0.494 e. The van der Waals surface area contributed by atoms with Gasteiger partial charge in [-0.2, -0.15) is 0 Å². The van der Waals surface area contributed by atoms with E-state index in [1.54, 1.807) is 0 Å². The summed E-state index contributed by atoms with van der Waals surface area (Å²) in [6, 6.07) is 7.91. The van der Waals surface area contributed by atoms with E-state index in [9.17, 15) is 4.79 Å². The molecule has 1 aromatic heterocycles. The molecule has 1 aromatic carbocycles. The van der Waals surface area contributed by atoms with Crippen molar-refractivity contribution in [1.29, 1.82) is 0 Å². The lowest BCUT2D eigenvalue weighted by atomic mass is 10.1. The van der Waals surface area contributed by atoms with Gasteiger partial charge in [-0.3, -0.25) is 4.79 Å². The van der Waals surface area contributed by atoms with Crippen LogP contribution in [0.15, 0.2) is 24.3 Å². The minimum Gasteiger partial charge on any atom is -0.494 e. The van der Waals surface area contributed by atoms with Gasteiger partial charge >= 0.3 is 5.97 Å². The highest BCUT2D eigenvalue weighted by molar-refractivity contribution is 7.11. The molecule has 0 radical (unpaired) electrons. The van der Waals surface area contributed by atoms with Crippen molar-refractivity contribution in [2.75, 3.05) is 6.61 Å². The molecule has 0 amide bonds. The van der Waals surface area contributed by atoms with Crippen LogP contribution in [0.1, 0.15) is 28.1 Å². The van der Waals surface area contributed by atoms with Gasteiger partial charge in [0.05, 0.1) is 23.7 Å². The van der Waals surface area contributed by atoms with Gasteiger partial charge < -0.3 is 9.84 Å². The first-order chi connectivity index (χ1) is 9.58. The van der Waals surface area contributed by atoms with Gasteiger partial charge in [-0.1, -0.05) is 12.1 Å². The Morgan fingerprint density at radius 2 is 2.05 bits per heavy atom. The summed E-state index contributed by atoms with van der Waals surface area (Å²) >= 11 is 1.47. The maximum absolute atomic E-state index is 10.8. The zero-order valence-electron chi connectivity index (χ0n) is 11.5. The standard InChI is InChI=1S/C15H17NO3S/c1-3-19-12-6-4-11(5-7-12)8-14-16-10(2)13(20-14)9-15(17)18/h4-7H,3,8-9H2,1-2H3,(H,17,18). The van der Waals surface area contributed by atoms with E-state index < -0.39 is 5.97 Å². The molecule has 1 heterocycles. The summed E-state index contributed by atoms with van der Waals surface area (Å²) in [7, 11) is 0. The first-order valence-corrected chi connectivity index (χ1v) is 7.29. The monoisotopic (exact) mass is 291 g/mol. The van der Waals surface area contributed by atoms with Crippen LogP contribution in [0.5, 0.6) is 5.75 Å². The van der Waals surface area contributed by atoms with E-state index in [1.165, 1.54) is 11.3 Å². The van der Waals surface area contributed by atoms with Crippen LogP contribution in [0.25, 0.3) is 0 Å². The molecule has 4 nitrogen and oxygen atoms in total. The van der Waals surface area contributed by atoms with Crippen LogP contribution in [0, 0.1) is 6.92 Å². The zero-order chi connectivity index (χ0) is 14.5. The van der Waals surface area contributed by atoms with E-state index in [-0.39, 0.29) is 6.42 Å². The highest BCUT2D eigenvalue weighted by Crippen LogP contribution is 2.22. The number of thiazole rings is 1. The highest BCUT2D eigenvalue weighted by atomic mass is 32.1. The third-order valence-corrected chi connectivity index (χ3v) is 4.00. The third-order valence-electron chi connectivity index (χ3n) is 2.84. The predicted molar refractivity (Wildman–Crippen MR) is 78.6 cm³/mol. The number of ether oxygens (including phenoxy) is 1. The van der Waals surface area contributed by atoms with Gasteiger partial charge in [0.2, 0.25) is 0 Å². The van der Waals surface area contributed by atoms with Crippen LogP contribution >= 0.6 is 11.3 Å². The molecule has 1 N–H and O–H groups in total. The normalized spacial score (nSPS) is 10.5. The second-order valence-electron chi connectivity index (χ2n) is 4.44. The Morgan fingerprint density at radius 3 is 2.65 bits per heavy atom. The van der Waals surface area contributed by atoms with Crippen molar-refractivity contribution >= 4 is 17.3 Å². The molecule has 20 heavy (non-hydrogen) atoms. The van der Waals surface area contributed by atoms with Gasteiger partial charge in [-0.05, 0) is 31.5 Å². The number of aliphatic carboxylic acids is 1. The molecule has 0 unspecified atom stereocenters. The van der Waals surface area contributed by atoms with Gasteiger partial charge in [0.15, 0.2) is 0 Å². The molecule has 0 aliphatic heterocycles. The topological polar surface area (TPSA) is 59.4 Å². The van der Waals surface area contributed by atoms with Crippen molar-refractivity contribution in [2.45, 2.75) is 26.7 Å². The first kappa shape index (κ1) is 14.5. The molecule has 0 saturated carbocycles. The molecule has 106 valence electrons. The lowest BCUT2D eigenvalue weighted by Crippen LogP contribution is -1.99. The average molecular weight is 291 g/mol. The first-order valence-electron chi connectivity index (χ1n) is 6.47. The Labute approximate surface area is 122 Å². The Balaban J connectivity index is 2.07. The van der Waals surface area contributed by atoms with Crippen molar-refractivity contribution < 1.29 is 14.6 Å². The van der Waals surface area contributed by atoms with Crippen LogP contribution in [-0.4, -0.2) is 22.7 Å². The van der Waals surface area contributed by atoms with Crippen molar-refractivity contribution in [1.82, 2.24) is 4.98 Å². The van der Waals surface area contributed by atoms with E-state index in [2.05, 4.69) is 4.98 Å². The average Bonchev–Trinajstić information content (AvgIpc) is 2.72. The van der Waals surface area contributed by atoms with E-state index in [1.807, 2.05) is 38.1 Å². The summed E-state index contributed by atoms with van der Waals surface area (Å²) in [6.07, 6.45) is 0.768. The lowest BCUT2D eigenvalue weighted by molar-refractivity contribution is -0.136. The SMILES string of the molecule is CCOc1ccc(Cc2nc(C)c(CC(=O)O)s2)cc1. The number of hydrogen-bond donors (Lipinski definition) is 1. The minimum absolute atomic E-state index is 0.0484. The fourth-order valence-corrected chi connectivity index (χ4v) is 3.00. The number of aryl methyl sites for hydroxylation is 1. The number of rotatable bonds is 6. The summed E-state index contributed by atoms with van der Waals surface area (Å²) < 4.78 is 5.40. The fraction of sp³-hybridized carbons (Fsp3) is 0.333. The molecule has 0 saturated heterocycles. The quantitative estimate of drug-likeness (QED) is 0.888. The van der Waals surface area contributed by atoms with E-state index >= 15 is 0 Å². The number of hydrogen-bond acceptors (Lipinski definition) is 4.